The lowest BCUT2D eigenvalue weighted by Crippen LogP contribution is -2.37. The van der Waals surface area contributed by atoms with Crippen LogP contribution in [0.2, 0.25) is 0 Å². The van der Waals surface area contributed by atoms with Gasteiger partial charge in [-0.15, -0.1) is 0 Å². The number of aromatic amines is 1. The van der Waals surface area contributed by atoms with Crippen molar-refractivity contribution >= 4 is 17.3 Å². The van der Waals surface area contributed by atoms with Crippen molar-refractivity contribution in [3.63, 3.8) is 0 Å². The molecule has 2 aliphatic rings. The summed E-state index contributed by atoms with van der Waals surface area (Å²) in [4.78, 5) is 21.5. The first kappa shape index (κ1) is 21.4. The summed E-state index contributed by atoms with van der Waals surface area (Å²) in [5, 5.41) is 6.72. The number of anilines is 2. The SMILES string of the molecule is NC(=O)c1nc(-c2cn[nH]c2)ccc1-c1ccc(N2CCOCC2)cc1N1CCC(F)CC1. The molecule has 33 heavy (non-hydrogen) atoms. The number of nitrogens with two attached hydrogens (primary N) is 1. The summed E-state index contributed by atoms with van der Waals surface area (Å²) in [5.41, 5.74) is 10.9. The smallest absolute Gasteiger partial charge is 0.267 e. The molecule has 0 unspecified atom stereocenters. The lowest BCUT2D eigenvalue weighted by Gasteiger charge is -2.34. The van der Waals surface area contributed by atoms with Gasteiger partial charge < -0.3 is 20.3 Å². The molecule has 1 aromatic carbocycles. The number of primary amides is 1. The summed E-state index contributed by atoms with van der Waals surface area (Å²) < 4.78 is 19.4. The molecule has 3 N–H and O–H groups in total. The minimum Gasteiger partial charge on any atom is -0.378 e. The molecule has 0 radical (unpaired) electrons. The molecule has 0 aliphatic carbocycles. The molecule has 1 amide bonds. The minimum atomic E-state index is -0.774. The molecule has 172 valence electrons. The number of rotatable bonds is 5. The highest BCUT2D eigenvalue weighted by molar-refractivity contribution is 6.00. The number of aromatic nitrogens is 3. The van der Waals surface area contributed by atoms with Crippen molar-refractivity contribution in [1.29, 1.82) is 0 Å². The first-order valence-electron chi connectivity index (χ1n) is 11.3. The van der Waals surface area contributed by atoms with Crippen LogP contribution < -0.4 is 15.5 Å². The van der Waals surface area contributed by atoms with E-state index in [1.54, 1.807) is 12.4 Å². The normalized spacial score (nSPS) is 17.4. The molecule has 2 aliphatic heterocycles. The molecule has 9 heteroatoms. The van der Waals surface area contributed by atoms with E-state index in [1.807, 2.05) is 18.2 Å². The summed E-state index contributed by atoms with van der Waals surface area (Å²) in [5.74, 6) is -0.596. The number of halogens is 1. The van der Waals surface area contributed by atoms with E-state index in [9.17, 15) is 9.18 Å². The molecular formula is C24H27FN6O2. The standard InChI is InChI=1S/C24H27FN6O2/c25-17-5-7-31(8-6-17)22-13-18(30-9-11-33-12-10-30)1-2-19(22)20-3-4-21(16-14-27-28-15-16)29-23(20)24(26)32/h1-4,13-15,17H,5-12H2,(H2,26,32)(H,27,28). The third kappa shape index (κ3) is 4.41. The maximum atomic E-state index is 13.9. The number of H-pyrrole nitrogens is 1. The number of hydrogen-bond donors (Lipinski definition) is 2. The number of nitrogens with zero attached hydrogens (tertiary/aromatic N) is 4. The van der Waals surface area contributed by atoms with Crippen LogP contribution in [-0.4, -0.2) is 66.7 Å². The average molecular weight is 451 g/mol. The molecule has 0 bridgehead atoms. The topological polar surface area (TPSA) is 100 Å². The van der Waals surface area contributed by atoms with Gasteiger partial charge in [-0.3, -0.25) is 9.89 Å². The van der Waals surface area contributed by atoms with Crippen molar-refractivity contribution in [2.24, 2.45) is 5.73 Å². The second-order valence-corrected chi connectivity index (χ2v) is 8.41. The zero-order valence-corrected chi connectivity index (χ0v) is 18.3. The van der Waals surface area contributed by atoms with Crippen molar-refractivity contribution in [2.75, 3.05) is 49.2 Å². The Labute approximate surface area is 191 Å². The van der Waals surface area contributed by atoms with E-state index in [-0.39, 0.29) is 5.69 Å². The van der Waals surface area contributed by atoms with Gasteiger partial charge >= 0.3 is 0 Å². The molecule has 4 heterocycles. The summed E-state index contributed by atoms with van der Waals surface area (Å²) in [7, 11) is 0. The Morgan fingerprint density at radius 3 is 2.52 bits per heavy atom. The number of ether oxygens (including phenoxy) is 1. The summed E-state index contributed by atoms with van der Waals surface area (Å²) in [6, 6.07) is 9.95. The molecule has 0 atom stereocenters. The fraction of sp³-hybridized carbons (Fsp3) is 0.375. The molecule has 5 rings (SSSR count). The Kier molecular flexibility index (Phi) is 5.95. The third-order valence-corrected chi connectivity index (χ3v) is 6.34. The third-order valence-electron chi connectivity index (χ3n) is 6.34. The van der Waals surface area contributed by atoms with E-state index >= 15 is 0 Å². The van der Waals surface area contributed by atoms with Crippen LogP contribution >= 0.6 is 0 Å². The Morgan fingerprint density at radius 2 is 1.82 bits per heavy atom. The first-order chi connectivity index (χ1) is 16.1. The number of nitrogens with one attached hydrogen (secondary N) is 1. The number of benzene rings is 1. The van der Waals surface area contributed by atoms with E-state index in [0.29, 0.717) is 50.4 Å². The quantitative estimate of drug-likeness (QED) is 0.620. The molecule has 2 saturated heterocycles. The van der Waals surface area contributed by atoms with Gasteiger partial charge in [0, 0.05) is 60.4 Å². The van der Waals surface area contributed by atoms with E-state index in [2.05, 4.69) is 37.1 Å². The van der Waals surface area contributed by atoms with E-state index < -0.39 is 12.1 Å². The molecule has 0 saturated carbocycles. The number of alkyl halides is 1. The Bertz CT molecular complexity index is 1120. The summed E-state index contributed by atoms with van der Waals surface area (Å²) in [6.45, 7) is 4.25. The molecular weight excluding hydrogens is 423 g/mol. The summed E-state index contributed by atoms with van der Waals surface area (Å²) in [6.07, 6.45) is 3.57. The lowest BCUT2D eigenvalue weighted by molar-refractivity contribution is 0.0996. The van der Waals surface area contributed by atoms with Crippen LogP contribution in [0.5, 0.6) is 0 Å². The maximum Gasteiger partial charge on any atom is 0.267 e. The van der Waals surface area contributed by atoms with Gasteiger partial charge in [0.25, 0.3) is 5.91 Å². The van der Waals surface area contributed by atoms with Crippen molar-refractivity contribution in [3.8, 4) is 22.4 Å². The van der Waals surface area contributed by atoms with Gasteiger partial charge in [-0.1, -0.05) is 6.07 Å². The first-order valence-corrected chi connectivity index (χ1v) is 11.3. The van der Waals surface area contributed by atoms with E-state index in [0.717, 1.165) is 35.6 Å². The molecule has 3 aromatic rings. The predicted molar refractivity (Wildman–Crippen MR) is 125 cm³/mol. The van der Waals surface area contributed by atoms with Gasteiger partial charge in [0.1, 0.15) is 11.9 Å². The van der Waals surface area contributed by atoms with Crippen LogP contribution in [0.15, 0.2) is 42.7 Å². The predicted octanol–water partition coefficient (Wildman–Crippen LogP) is 3.01. The Morgan fingerprint density at radius 1 is 1.06 bits per heavy atom. The van der Waals surface area contributed by atoms with Crippen LogP contribution in [0.1, 0.15) is 23.3 Å². The van der Waals surface area contributed by atoms with Gasteiger partial charge in [-0.25, -0.2) is 9.37 Å². The number of pyridine rings is 1. The van der Waals surface area contributed by atoms with Crippen LogP contribution in [-0.2, 0) is 4.74 Å². The second-order valence-electron chi connectivity index (χ2n) is 8.41. The van der Waals surface area contributed by atoms with Crippen LogP contribution in [0.25, 0.3) is 22.4 Å². The Balaban J connectivity index is 1.59. The monoisotopic (exact) mass is 450 g/mol. The number of piperidine rings is 1. The zero-order chi connectivity index (χ0) is 22.8. The van der Waals surface area contributed by atoms with Gasteiger partial charge in [-0.2, -0.15) is 5.10 Å². The number of amides is 1. The highest BCUT2D eigenvalue weighted by Gasteiger charge is 2.25. The highest BCUT2D eigenvalue weighted by atomic mass is 19.1. The minimum absolute atomic E-state index is 0.203. The van der Waals surface area contributed by atoms with E-state index in [4.69, 9.17) is 10.5 Å². The number of hydrogen-bond acceptors (Lipinski definition) is 6. The molecule has 8 nitrogen and oxygen atoms in total. The maximum absolute atomic E-state index is 13.9. The average Bonchev–Trinajstić information content (AvgIpc) is 3.39. The van der Waals surface area contributed by atoms with Crippen LogP contribution in [0.4, 0.5) is 15.8 Å². The zero-order valence-electron chi connectivity index (χ0n) is 18.3. The van der Waals surface area contributed by atoms with Crippen molar-refractivity contribution in [1.82, 2.24) is 15.2 Å². The molecule has 2 aromatic heterocycles. The van der Waals surface area contributed by atoms with Crippen molar-refractivity contribution < 1.29 is 13.9 Å². The highest BCUT2D eigenvalue weighted by Crippen LogP contribution is 2.38. The number of carbonyl (C=O) groups excluding carboxylic acids is 1. The van der Waals surface area contributed by atoms with Crippen molar-refractivity contribution in [2.45, 2.75) is 19.0 Å². The van der Waals surface area contributed by atoms with Gasteiger partial charge in [-0.05, 0) is 37.1 Å². The lowest BCUT2D eigenvalue weighted by atomic mass is 9.97. The Hall–Kier alpha value is -3.46. The molecule has 0 spiro atoms. The fourth-order valence-electron chi connectivity index (χ4n) is 4.53. The fourth-order valence-corrected chi connectivity index (χ4v) is 4.53. The van der Waals surface area contributed by atoms with Gasteiger partial charge in [0.15, 0.2) is 0 Å². The van der Waals surface area contributed by atoms with Crippen LogP contribution in [0.3, 0.4) is 0 Å². The van der Waals surface area contributed by atoms with Gasteiger partial charge in [0.2, 0.25) is 0 Å². The largest absolute Gasteiger partial charge is 0.378 e. The van der Waals surface area contributed by atoms with Gasteiger partial charge in [0.05, 0.1) is 25.1 Å². The summed E-state index contributed by atoms with van der Waals surface area (Å²) >= 11 is 0. The number of carbonyl (C=O) groups is 1. The molecule has 2 fully saturated rings. The van der Waals surface area contributed by atoms with Crippen molar-refractivity contribution in [3.05, 3.63) is 48.4 Å². The number of morpholine rings is 1. The second kappa shape index (κ2) is 9.19. The van der Waals surface area contributed by atoms with Crippen LogP contribution in [0, 0.1) is 0 Å². The van der Waals surface area contributed by atoms with E-state index in [1.165, 1.54) is 0 Å².